The van der Waals surface area contributed by atoms with Crippen LogP contribution in [0.1, 0.15) is 26.5 Å². The molecule has 2 N–H and O–H groups in total. The third-order valence-corrected chi connectivity index (χ3v) is 3.57. The van der Waals surface area contributed by atoms with Gasteiger partial charge in [0.25, 0.3) is 0 Å². The molecule has 0 saturated heterocycles. The molecule has 2 aromatic rings. The lowest BCUT2D eigenvalue weighted by Gasteiger charge is -2.09. The summed E-state index contributed by atoms with van der Waals surface area (Å²) < 4.78 is 0. The number of thiazole rings is 1. The van der Waals surface area contributed by atoms with Crippen LogP contribution in [0.4, 0.5) is 5.82 Å². The van der Waals surface area contributed by atoms with E-state index >= 15 is 0 Å². The van der Waals surface area contributed by atoms with E-state index in [-0.39, 0.29) is 5.56 Å². The van der Waals surface area contributed by atoms with Gasteiger partial charge in [0.15, 0.2) is 0 Å². The number of aromatic carboxylic acids is 1. The smallest absolute Gasteiger partial charge is 0.339 e. The van der Waals surface area contributed by atoms with Gasteiger partial charge in [-0.25, -0.2) is 14.8 Å². The minimum atomic E-state index is -0.968. The molecule has 0 aromatic carbocycles. The van der Waals surface area contributed by atoms with E-state index in [1.165, 1.54) is 11.3 Å². The standard InChI is InChI=1S/C12H13N3O2S/c1-7-3-4-13-11(10(7)12(16)17)14-5-9-8(2)15-6-18-9/h3-4,6H,5H2,1-2H3,(H,13,14)(H,16,17). The van der Waals surface area contributed by atoms with Crippen LogP contribution in [-0.4, -0.2) is 21.0 Å². The molecule has 0 radical (unpaired) electrons. The first-order chi connectivity index (χ1) is 8.59. The fourth-order valence-electron chi connectivity index (χ4n) is 1.62. The van der Waals surface area contributed by atoms with Crippen molar-refractivity contribution in [3.05, 3.63) is 39.5 Å². The van der Waals surface area contributed by atoms with Gasteiger partial charge in [0.1, 0.15) is 11.4 Å². The van der Waals surface area contributed by atoms with Crippen molar-refractivity contribution in [2.24, 2.45) is 0 Å². The van der Waals surface area contributed by atoms with Gasteiger partial charge in [0, 0.05) is 11.1 Å². The molecular formula is C12H13N3O2S. The zero-order chi connectivity index (χ0) is 13.1. The molecule has 2 heterocycles. The number of carboxylic acids is 1. The molecule has 18 heavy (non-hydrogen) atoms. The second-order valence-electron chi connectivity index (χ2n) is 3.87. The quantitative estimate of drug-likeness (QED) is 0.886. The molecule has 94 valence electrons. The van der Waals surface area contributed by atoms with Gasteiger partial charge in [0.2, 0.25) is 0 Å². The van der Waals surface area contributed by atoms with Crippen molar-refractivity contribution in [2.75, 3.05) is 5.32 Å². The molecule has 0 spiro atoms. The molecule has 0 saturated carbocycles. The van der Waals surface area contributed by atoms with E-state index in [1.54, 1.807) is 24.7 Å². The van der Waals surface area contributed by atoms with E-state index in [0.29, 0.717) is 17.9 Å². The average molecular weight is 263 g/mol. The summed E-state index contributed by atoms with van der Waals surface area (Å²) in [5.41, 5.74) is 3.64. The van der Waals surface area contributed by atoms with E-state index < -0.39 is 5.97 Å². The van der Waals surface area contributed by atoms with Crippen molar-refractivity contribution >= 4 is 23.1 Å². The van der Waals surface area contributed by atoms with E-state index in [1.807, 2.05) is 6.92 Å². The van der Waals surface area contributed by atoms with Crippen LogP contribution in [0.15, 0.2) is 17.8 Å². The zero-order valence-electron chi connectivity index (χ0n) is 10.1. The topological polar surface area (TPSA) is 75.1 Å². The Hall–Kier alpha value is -1.95. The van der Waals surface area contributed by atoms with Gasteiger partial charge in [-0.1, -0.05) is 0 Å². The molecule has 0 fully saturated rings. The predicted octanol–water partition coefficient (Wildman–Crippen LogP) is 2.47. The third-order valence-electron chi connectivity index (χ3n) is 2.63. The van der Waals surface area contributed by atoms with Crippen LogP contribution in [0.3, 0.4) is 0 Å². The second-order valence-corrected chi connectivity index (χ2v) is 4.81. The molecule has 2 rings (SSSR count). The Kier molecular flexibility index (Phi) is 3.57. The first-order valence-corrected chi connectivity index (χ1v) is 6.29. The number of aryl methyl sites for hydroxylation is 2. The molecule has 0 aliphatic rings. The highest BCUT2D eigenvalue weighted by atomic mass is 32.1. The minimum Gasteiger partial charge on any atom is -0.478 e. The molecule has 2 aromatic heterocycles. The van der Waals surface area contributed by atoms with Crippen LogP contribution in [0.25, 0.3) is 0 Å². The van der Waals surface area contributed by atoms with Crippen molar-refractivity contribution in [2.45, 2.75) is 20.4 Å². The van der Waals surface area contributed by atoms with Crippen LogP contribution in [0.2, 0.25) is 0 Å². The molecule has 6 heteroatoms. The summed E-state index contributed by atoms with van der Waals surface area (Å²) in [6, 6.07) is 1.69. The van der Waals surface area contributed by atoms with Crippen molar-refractivity contribution < 1.29 is 9.90 Å². The normalized spacial score (nSPS) is 10.3. The Morgan fingerprint density at radius 2 is 2.22 bits per heavy atom. The van der Waals surface area contributed by atoms with Crippen LogP contribution in [0.5, 0.6) is 0 Å². The van der Waals surface area contributed by atoms with Crippen molar-refractivity contribution in [3.8, 4) is 0 Å². The zero-order valence-corrected chi connectivity index (χ0v) is 10.9. The maximum atomic E-state index is 11.2. The Morgan fingerprint density at radius 1 is 1.44 bits per heavy atom. The SMILES string of the molecule is Cc1ccnc(NCc2scnc2C)c1C(=O)O. The number of nitrogens with one attached hydrogen (secondary N) is 1. The van der Waals surface area contributed by atoms with Crippen LogP contribution in [0, 0.1) is 13.8 Å². The van der Waals surface area contributed by atoms with Crippen molar-refractivity contribution in [1.82, 2.24) is 9.97 Å². The summed E-state index contributed by atoms with van der Waals surface area (Å²) in [6.45, 7) is 4.22. The second kappa shape index (κ2) is 5.14. The highest BCUT2D eigenvalue weighted by Gasteiger charge is 2.14. The molecule has 0 unspecified atom stereocenters. The highest BCUT2D eigenvalue weighted by molar-refractivity contribution is 7.09. The maximum absolute atomic E-state index is 11.2. The predicted molar refractivity (Wildman–Crippen MR) is 70.1 cm³/mol. The van der Waals surface area contributed by atoms with Crippen LogP contribution >= 0.6 is 11.3 Å². The fraction of sp³-hybridized carbons (Fsp3) is 0.250. The Morgan fingerprint density at radius 3 is 2.83 bits per heavy atom. The lowest BCUT2D eigenvalue weighted by Crippen LogP contribution is -2.09. The average Bonchev–Trinajstić information content (AvgIpc) is 2.71. The number of carboxylic acid groups (broad SMARTS) is 1. The molecule has 0 amide bonds. The summed E-state index contributed by atoms with van der Waals surface area (Å²) in [5, 5.41) is 12.2. The minimum absolute atomic E-state index is 0.222. The summed E-state index contributed by atoms with van der Waals surface area (Å²) in [6.07, 6.45) is 1.60. The van der Waals surface area contributed by atoms with Gasteiger partial charge in [-0.3, -0.25) is 0 Å². The number of hydrogen-bond acceptors (Lipinski definition) is 5. The molecule has 0 aliphatic heterocycles. The molecule has 5 nitrogen and oxygen atoms in total. The number of carbonyl (C=O) groups is 1. The number of rotatable bonds is 4. The number of aromatic nitrogens is 2. The first-order valence-electron chi connectivity index (χ1n) is 5.41. The maximum Gasteiger partial charge on any atom is 0.339 e. The third kappa shape index (κ3) is 2.48. The Labute approximate surface area is 109 Å². The summed E-state index contributed by atoms with van der Waals surface area (Å²) in [5.74, 6) is -0.570. The molecule has 0 aliphatic carbocycles. The van der Waals surface area contributed by atoms with Gasteiger partial charge < -0.3 is 10.4 Å². The Balaban J connectivity index is 2.22. The van der Waals surface area contributed by atoms with Crippen LogP contribution in [-0.2, 0) is 6.54 Å². The monoisotopic (exact) mass is 263 g/mol. The van der Waals surface area contributed by atoms with E-state index in [9.17, 15) is 4.79 Å². The van der Waals surface area contributed by atoms with Gasteiger partial charge in [-0.05, 0) is 25.5 Å². The summed E-state index contributed by atoms with van der Waals surface area (Å²) >= 11 is 1.54. The van der Waals surface area contributed by atoms with Gasteiger partial charge in [-0.15, -0.1) is 11.3 Å². The first kappa shape index (κ1) is 12.5. The Bertz CT molecular complexity index is 580. The number of pyridine rings is 1. The number of anilines is 1. The molecule has 0 bridgehead atoms. The number of nitrogens with zero attached hydrogens (tertiary/aromatic N) is 2. The van der Waals surface area contributed by atoms with Crippen molar-refractivity contribution in [1.29, 1.82) is 0 Å². The van der Waals surface area contributed by atoms with Crippen LogP contribution < -0.4 is 5.32 Å². The number of hydrogen-bond donors (Lipinski definition) is 2. The lowest BCUT2D eigenvalue weighted by molar-refractivity contribution is 0.0697. The highest BCUT2D eigenvalue weighted by Crippen LogP contribution is 2.19. The van der Waals surface area contributed by atoms with Crippen molar-refractivity contribution in [3.63, 3.8) is 0 Å². The fourth-order valence-corrected chi connectivity index (χ4v) is 2.34. The van der Waals surface area contributed by atoms with Gasteiger partial charge in [0.05, 0.1) is 17.7 Å². The summed E-state index contributed by atoms with van der Waals surface area (Å²) in [4.78, 5) is 20.5. The van der Waals surface area contributed by atoms with E-state index in [4.69, 9.17) is 5.11 Å². The van der Waals surface area contributed by atoms with Gasteiger partial charge in [-0.2, -0.15) is 0 Å². The van der Waals surface area contributed by atoms with Gasteiger partial charge >= 0.3 is 5.97 Å². The molecular weight excluding hydrogens is 250 g/mol. The summed E-state index contributed by atoms with van der Waals surface area (Å²) in [7, 11) is 0. The largest absolute Gasteiger partial charge is 0.478 e. The van der Waals surface area contributed by atoms with E-state index in [2.05, 4.69) is 15.3 Å². The lowest BCUT2D eigenvalue weighted by atomic mass is 10.1. The van der Waals surface area contributed by atoms with E-state index in [0.717, 1.165) is 10.6 Å². The molecule has 0 atom stereocenters.